The second-order valence-electron chi connectivity index (χ2n) is 9.54. The predicted molar refractivity (Wildman–Crippen MR) is 130 cm³/mol. The van der Waals surface area contributed by atoms with E-state index in [1.807, 2.05) is 19.3 Å². The molecular formula is C26H25FN6O2. The van der Waals surface area contributed by atoms with Crippen molar-refractivity contribution in [3.8, 4) is 28.3 Å². The number of hydrogen-bond acceptors (Lipinski definition) is 6. The maximum Gasteiger partial charge on any atom is 0.232 e. The normalized spacial score (nSPS) is 21.2. The average molecular weight is 473 g/mol. The van der Waals surface area contributed by atoms with Gasteiger partial charge in [-0.1, -0.05) is 12.1 Å². The number of benzene rings is 2. The Bertz CT molecular complexity index is 1480. The highest BCUT2D eigenvalue weighted by Crippen LogP contribution is 2.58. The molecule has 2 aromatic heterocycles. The molecule has 0 radical (unpaired) electrons. The first-order valence-corrected chi connectivity index (χ1v) is 11.5. The molecule has 2 unspecified atom stereocenters. The number of aryl methyl sites for hydroxylation is 1. The van der Waals surface area contributed by atoms with Crippen molar-refractivity contribution in [1.29, 1.82) is 0 Å². The number of nitrogens with one attached hydrogen (secondary N) is 1. The van der Waals surface area contributed by atoms with Crippen molar-refractivity contribution < 1.29 is 13.9 Å². The molecule has 0 spiro atoms. The van der Waals surface area contributed by atoms with Crippen LogP contribution in [0.1, 0.15) is 6.42 Å². The van der Waals surface area contributed by atoms with Crippen LogP contribution in [0, 0.1) is 17.2 Å². The van der Waals surface area contributed by atoms with Crippen LogP contribution in [0.25, 0.3) is 33.4 Å². The van der Waals surface area contributed by atoms with Crippen LogP contribution < -0.4 is 10.1 Å². The van der Waals surface area contributed by atoms with Gasteiger partial charge in [-0.3, -0.25) is 9.48 Å². The standard InChI is InChI=1S/C26H25FN6O2/c1-32-11-15-10-26(15,13-32)25(34)30-21-8-17-20(9-22(21)35-3)28-14-29-23(17)18-12-33(2)31-24(18)16-6-4-5-7-19(16)27/h4-9,12,14-15H,10-11,13H2,1-3H3,(H,30,34). The topological polar surface area (TPSA) is 85.2 Å². The fourth-order valence-electron chi connectivity index (χ4n) is 5.41. The van der Waals surface area contributed by atoms with Gasteiger partial charge in [0.15, 0.2) is 0 Å². The number of nitrogens with zero attached hydrogens (tertiary/aromatic N) is 5. The Morgan fingerprint density at radius 3 is 2.74 bits per heavy atom. The molecule has 2 aromatic carbocycles. The summed E-state index contributed by atoms with van der Waals surface area (Å²) in [6, 6.07) is 10.2. The number of methoxy groups -OCH3 is 1. The maximum atomic E-state index is 14.7. The largest absolute Gasteiger partial charge is 0.494 e. The third-order valence-electron chi connectivity index (χ3n) is 7.19. The SMILES string of the molecule is COc1cc2ncnc(-c3cn(C)nc3-c3ccccc3F)c2cc1NC(=O)C12CC1CN(C)C2. The fourth-order valence-corrected chi connectivity index (χ4v) is 5.41. The molecule has 0 bridgehead atoms. The van der Waals surface area contributed by atoms with E-state index in [9.17, 15) is 9.18 Å². The van der Waals surface area contributed by atoms with Gasteiger partial charge >= 0.3 is 0 Å². The van der Waals surface area contributed by atoms with E-state index < -0.39 is 0 Å². The van der Waals surface area contributed by atoms with Gasteiger partial charge in [-0.2, -0.15) is 5.10 Å². The monoisotopic (exact) mass is 472 g/mol. The van der Waals surface area contributed by atoms with Crippen LogP contribution in [-0.2, 0) is 11.8 Å². The number of rotatable bonds is 5. The Hall–Kier alpha value is -3.85. The van der Waals surface area contributed by atoms with Gasteiger partial charge in [-0.15, -0.1) is 0 Å². The molecule has 6 rings (SSSR count). The number of carbonyl (C=O) groups excluding carboxylic acids is 1. The van der Waals surface area contributed by atoms with E-state index in [1.54, 1.807) is 43.1 Å². The first-order valence-electron chi connectivity index (χ1n) is 11.5. The molecule has 178 valence electrons. The van der Waals surface area contributed by atoms with E-state index in [0.717, 1.165) is 19.5 Å². The predicted octanol–water partition coefficient (Wildman–Crippen LogP) is 3.74. The first kappa shape index (κ1) is 21.7. The Labute approximate surface area is 201 Å². The van der Waals surface area contributed by atoms with Crippen LogP contribution in [0.4, 0.5) is 10.1 Å². The molecule has 8 nitrogen and oxygen atoms in total. The van der Waals surface area contributed by atoms with Crippen LogP contribution in [0.5, 0.6) is 5.75 Å². The molecule has 4 aromatic rings. The Morgan fingerprint density at radius 2 is 2.00 bits per heavy atom. The summed E-state index contributed by atoms with van der Waals surface area (Å²) in [6.45, 7) is 1.70. The highest BCUT2D eigenvalue weighted by molar-refractivity contribution is 6.04. The zero-order chi connectivity index (χ0) is 24.3. The highest BCUT2D eigenvalue weighted by Gasteiger charge is 2.64. The summed E-state index contributed by atoms with van der Waals surface area (Å²) < 4.78 is 21.9. The summed E-state index contributed by atoms with van der Waals surface area (Å²) >= 11 is 0. The number of anilines is 1. The molecule has 2 aliphatic rings. The van der Waals surface area contributed by atoms with E-state index in [-0.39, 0.29) is 17.1 Å². The minimum Gasteiger partial charge on any atom is -0.494 e. The smallest absolute Gasteiger partial charge is 0.232 e. The number of carbonyl (C=O) groups is 1. The van der Waals surface area contributed by atoms with Gasteiger partial charge in [0.1, 0.15) is 23.6 Å². The summed E-state index contributed by atoms with van der Waals surface area (Å²) in [5.41, 5.74) is 3.03. The van der Waals surface area contributed by atoms with Crippen molar-refractivity contribution >= 4 is 22.5 Å². The lowest BCUT2D eigenvalue weighted by atomic mass is 10.0. The second kappa shape index (κ2) is 7.84. The lowest BCUT2D eigenvalue weighted by molar-refractivity contribution is -0.121. The number of hydrogen-bond donors (Lipinski definition) is 1. The van der Waals surface area contributed by atoms with Crippen LogP contribution in [0.3, 0.4) is 0 Å². The molecule has 1 saturated carbocycles. The fraction of sp³-hybridized carbons (Fsp3) is 0.308. The van der Waals surface area contributed by atoms with Crippen LogP contribution >= 0.6 is 0 Å². The first-order chi connectivity index (χ1) is 16.9. The molecule has 1 saturated heterocycles. The summed E-state index contributed by atoms with van der Waals surface area (Å²) in [6.07, 6.45) is 4.19. The summed E-state index contributed by atoms with van der Waals surface area (Å²) in [5, 5.41) is 8.34. The lowest BCUT2D eigenvalue weighted by Gasteiger charge is -2.18. The molecule has 2 fully saturated rings. The Kier molecular flexibility index (Phi) is 4.86. The van der Waals surface area contributed by atoms with Gasteiger partial charge in [0, 0.05) is 48.9 Å². The van der Waals surface area contributed by atoms with Gasteiger partial charge < -0.3 is 15.0 Å². The van der Waals surface area contributed by atoms with E-state index in [2.05, 4.69) is 25.3 Å². The average Bonchev–Trinajstić information content (AvgIpc) is 3.21. The minimum absolute atomic E-state index is 0.0105. The Morgan fingerprint density at radius 1 is 1.17 bits per heavy atom. The van der Waals surface area contributed by atoms with Crippen molar-refractivity contribution in [3.05, 3.63) is 54.7 Å². The molecule has 9 heteroatoms. The van der Waals surface area contributed by atoms with Crippen molar-refractivity contribution in [1.82, 2.24) is 24.6 Å². The van der Waals surface area contributed by atoms with E-state index in [1.165, 1.54) is 12.4 Å². The van der Waals surface area contributed by atoms with Crippen LogP contribution in [0.2, 0.25) is 0 Å². The van der Waals surface area contributed by atoms with Crippen LogP contribution in [-0.4, -0.2) is 57.8 Å². The quantitative estimate of drug-likeness (QED) is 0.476. The van der Waals surface area contributed by atoms with Crippen molar-refractivity contribution in [2.45, 2.75) is 6.42 Å². The summed E-state index contributed by atoms with van der Waals surface area (Å²) in [4.78, 5) is 24.4. The summed E-state index contributed by atoms with van der Waals surface area (Å²) in [7, 11) is 5.40. The van der Waals surface area contributed by atoms with E-state index in [4.69, 9.17) is 4.74 Å². The maximum absolute atomic E-state index is 14.7. The lowest BCUT2D eigenvalue weighted by Crippen LogP contribution is -2.30. The number of amides is 1. The van der Waals surface area contributed by atoms with Crippen molar-refractivity contribution in [2.24, 2.45) is 18.4 Å². The van der Waals surface area contributed by atoms with Gasteiger partial charge in [0.25, 0.3) is 0 Å². The zero-order valence-electron chi connectivity index (χ0n) is 19.7. The van der Waals surface area contributed by atoms with Gasteiger partial charge in [-0.05, 0) is 37.6 Å². The van der Waals surface area contributed by atoms with E-state index in [0.29, 0.717) is 50.8 Å². The third kappa shape index (κ3) is 3.46. The number of halogens is 1. The van der Waals surface area contributed by atoms with Gasteiger partial charge in [0.05, 0.1) is 29.4 Å². The van der Waals surface area contributed by atoms with Gasteiger partial charge in [0.2, 0.25) is 5.91 Å². The highest BCUT2D eigenvalue weighted by atomic mass is 19.1. The zero-order valence-corrected chi connectivity index (χ0v) is 19.7. The number of aromatic nitrogens is 4. The van der Waals surface area contributed by atoms with Crippen molar-refractivity contribution in [3.63, 3.8) is 0 Å². The second-order valence-corrected chi connectivity index (χ2v) is 9.54. The summed E-state index contributed by atoms with van der Waals surface area (Å²) in [5.74, 6) is 0.573. The number of likely N-dealkylation sites (tertiary alicyclic amines) is 1. The molecule has 35 heavy (non-hydrogen) atoms. The van der Waals surface area contributed by atoms with Crippen molar-refractivity contribution in [2.75, 3.05) is 32.6 Å². The molecule has 1 amide bonds. The van der Waals surface area contributed by atoms with Gasteiger partial charge in [-0.25, -0.2) is 14.4 Å². The molecular weight excluding hydrogens is 447 g/mol. The number of ether oxygens (including phenoxy) is 1. The molecule has 3 heterocycles. The molecule has 1 aliphatic carbocycles. The number of fused-ring (bicyclic) bond motifs is 2. The van der Waals surface area contributed by atoms with Crippen LogP contribution in [0.15, 0.2) is 48.9 Å². The minimum atomic E-state index is -0.361. The molecule has 1 N–H and O–H groups in total. The molecule has 1 aliphatic heterocycles. The van der Waals surface area contributed by atoms with E-state index >= 15 is 0 Å². The third-order valence-corrected chi connectivity index (χ3v) is 7.19. The Balaban J connectivity index is 1.46. The number of piperidine rings is 1. The molecule has 2 atom stereocenters.